The van der Waals surface area contributed by atoms with Gasteiger partial charge in [0.1, 0.15) is 0 Å². The molecule has 1 unspecified atom stereocenters. The number of benzene rings is 2. The maximum atomic E-state index is 16.2. The molecule has 1 atom stereocenters. The Balaban J connectivity index is 2.02. The summed E-state index contributed by atoms with van der Waals surface area (Å²) in [4.78, 5) is 11.3. The number of unbranched alkanes of at least 4 members (excludes halogenated alkanes) is 1. The van der Waals surface area contributed by atoms with Crippen molar-refractivity contribution < 1.29 is 14.3 Å². The number of carboxylic acids is 1. The first kappa shape index (κ1) is 18.1. The maximum Gasteiger partial charge on any atom is 0.335 e. The van der Waals surface area contributed by atoms with Gasteiger partial charge in [0, 0.05) is 12.0 Å². The molecule has 26 heavy (non-hydrogen) atoms. The molecule has 0 radical (unpaired) electrons. The zero-order valence-electron chi connectivity index (χ0n) is 14.9. The molecule has 2 aromatic rings. The van der Waals surface area contributed by atoms with Crippen LogP contribution in [-0.4, -0.2) is 11.1 Å². The Morgan fingerprint density at radius 3 is 2.77 bits per heavy atom. The Hall–Kier alpha value is -2.68. The van der Waals surface area contributed by atoms with E-state index in [1.165, 1.54) is 17.7 Å². The molecule has 0 saturated heterocycles. The third-order valence-corrected chi connectivity index (χ3v) is 4.85. The fourth-order valence-electron chi connectivity index (χ4n) is 3.41. The minimum Gasteiger partial charge on any atom is -0.478 e. The molecule has 0 saturated carbocycles. The molecule has 1 aliphatic carbocycles. The zero-order valence-corrected chi connectivity index (χ0v) is 14.9. The van der Waals surface area contributed by atoms with Crippen molar-refractivity contribution in [1.29, 1.82) is 0 Å². The van der Waals surface area contributed by atoms with E-state index in [9.17, 15) is 9.90 Å². The monoisotopic (exact) mass is 350 g/mol. The van der Waals surface area contributed by atoms with E-state index in [0.29, 0.717) is 11.1 Å². The number of halogens is 1. The topological polar surface area (TPSA) is 37.3 Å². The van der Waals surface area contributed by atoms with Crippen LogP contribution in [0.25, 0.3) is 5.57 Å². The van der Waals surface area contributed by atoms with E-state index in [2.05, 4.69) is 19.1 Å². The summed E-state index contributed by atoms with van der Waals surface area (Å²) >= 11 is 0. The minimum absolute atomic E-state index is 0.102. The van der Waals surface area contributed by atoms with Crippen molar-refractivity contribution in [2.75, 3.05) is 0 Å². The average Bonchev–Trinajstić information content (AvgIpc) is 2.67. The van der Waals surface area contributed by atoms with Gasteiger partial charge in [-0.2, -0.15) is 0 Å². The second kappa shape index (κ2) is 7.69. The first-order chi connectivity index (χ1) is 12.5. The van der Waals surface area contributed by atoms with Gasteiger partial charge in [0.25, 0.3) is 0 Å². The van der Waals surface area contributed by atoms with E-state index in [4.69, 9.17) is 0 Å². The average molecular weight is 350 g/mol. The summed E-state index contributed by atoms with van der Waals surface area (Å²) in [5.41, 5.74) is 1.38. The Labute approximate surface area is 153 Å². The van der Waals surface area contributed by atoms with Crippen LogP contribution in [0, 0.1) is 0 Å². The smallest absolute Gasteiger partial charge is 0.335 e. The van der Waals surface area contributed by atoms with Gasteiger partial charge in [-0.3, -0.25) is 0 Å². The van der Waals surface area contributed by atoms with Gasteiger partial charge in [-0.1, -0.05) is 68.0 Å². The van der Waals surface area contributed by atoms with Crippen molar-refractivity contribution in [3.05, 3.63) is 89.0 Å². The Bertz CT molecular complexity index is 866. The lowest BCUT2D eigenvalue weighted by Gasteiger charge is -2.30. The Kier molecular flexibility index (Phi) is 5.36. The molecule has 0 bridgehead atoms. The molecule has 3 rings (SSSR count). The maximum absolute atomic E-state index is 16.2. The summed E-state index contributed by atoms with van der Waals surface area (Å²) in [7, 11) is 0. The second-order valence-corrected chi connectivity index (χ2v) is 6.70. The molecular formula is C23H23FO2. The third-order valence-electron chi connectivity index (χ3n) is 4.85. The van der Waals surface area contributed by atoms with Crippen LogP contribution in [-0.2, 0) is 12.1 Å². The Morgan fingerprint density at radius 2 is 2.00 bits per heavy atom. The highest BCUT2D eigenvalue weighted by atomic mass is 19.1. The van der Waals surface area contributed by atoms with E-state index in [-0.39, 0.29) is 12.0 Å². The lowest BCUT2D eigenvalue weighted by atomic mass is 9.78. The molecule has 0 spiro atoms. The zero-order chi connectivity index (χ0) is 18.6. The molecule has 0 aromatic heterocycles. The molecule has 0 fully saturated rings. The summed E-state index contributed by atoms with van der Waals surface area (Å²) in [5, 5.41) is 9.24. The molecule has 1 N–H and O–H groups in total. The van der Waals surface area contributed by atoms with Crippen molar-refractivity contribution in [3.63, 3.8) is 0 Å². The van der Waals surface area contributed by atoms with Crippen LogP contribution in [0.5, 0.6) is 0 Å². The van der Waals surface area contributed by atoms with E-state index in [0.717, 1.165) is 24.8 Å². The molecule has 0 heterocycles. The Morgan fingerprint density at radius 1 is 1.19 bits per heavy atom. The van der Waals surface area contributed by atoms with Gasteiger partial charge in [0.15, 0.2) is 5.67 Å². The van der Waals surface area contributed by atoms with Gasteiger partial charge in [0.05, 0.1) is 5.56 Å². The van der Waals surface area contributed by atoms with Crippen molar-refractivity contribution in [1.82, 2.24) is 0 Å². The summed E-state index contributed by atoms with van der Waals surface area (Å²) in [6, 6.07) is 14.2. The van der Waals surface area contributed by atoms with E-state index in [1.807, 2.05) is 18.2 Å². The number of hydrogen-bond acceptors (Lipinski definition) is 1. The third kappa shape index (κ3) is 3.62. The lowest BCUT2D eigenvalue weighted by molar-refractivity contribution is 0.0696. The van der Waals surface area contributed by atoms with Gasteiger partial charge in [-0.25, -0.2) is 9.18 Å². The number of hydrogen-bond donors (Lipinski definition) is 1. The second-order valence-electron chi connectivity index (χ2n) is 6.70. The number of carbonyl (C=O) groups is 1. The van der Waals surface area contributed by atoms with E-state index in [1.54, 1.807) is 24.3 Å². The van der Waals surface area contributed by atoms with Crippen molar-refractivity contribution in [2.45, 2.75) is 38.3 Å². The molecule has 0 amide bonds. The van der Waals surface area contributed by atoms with Crippen LogP contribution in [0.4, 0.5) is 4.39 Å². The fraction of sp³-hybridized carbons (Fsp3) is 0.261. The number of aryl methyl sites for hydroxylation is 1. The highest BCUT2D eigenvalue weighted by molar-refractivity contribution is 5.88. The number of alkyl halides is 1. The number of aromatic carboxylic acids is 1. The van der Waals surface area contributed by atoms with E-state index >= 15 is 4.39 Å². The van der Waals surface area contributed by atoms with Crippen LogP contribution in [0.1, 0.15) is 53.2 Å². The molecular weight excluding hydrogens is 327 g/mol. The quantitative estimate of drug-likeness (QED) is 0.700. The first-order valence-corrected chi connectivity index (χ1v) is 9.04. The SMILES string of the molecule is CCCCc1cccc(C2=CC=CCC2(F)c2cccc(C(=O)O)c2)c1. The highest BCUT2D eigenvalue weighted by Crippen LogP contribution is 2.45. The molecule has 134 valence electrons. The summed E-state index contributed by atoms with van der Waals surface area (Å²) in [5.74, 6) is -1.05. The van der Waals surface area contributed by atoms with Crippen molar-refractivity contribution in [3.8, 4) is 0 Å². The van der Waals surface area contributed by atoms with Crippen molar-refractivity contribution in [2.24, 2.45) is 0 Å². The predicted octanol–water partition coefficient (Wildman–Crippen LogP) is 5.94. The highest BCUT2D eigenvalue weighted by Gasteiger charge is 2.37. The molecule has 3 heteroatoms. The number of carboxylic acid groups (broad SMARTS) is 1. The lowest BCUT2D eigenvalue weighted by Crippen LogP contribution is -2.23. The normalized spacial score (nSPS) is 19.2. The standard InChI is InChI=1S/C23H23FO2/c1-2-3-8-17-9-6-10-18(15-17)21-13-4-5-14-23(21,24)20-12-7-11-19(16-20)22(25)26/h4-7,9-13,15-16H,2-3,8,14H2,1H3,(H,25,26). The molecule has 2 nitrogen and oxygen atoms in total. The molecule has 0 aliphatic heterocycles. The fourth-order valence-corrected chi connectivity index (χ4v) is 3.41. The molecule has 1 aliphatic rings. The summed E-state index contributed by atoms with van der Waals surface area (Å²) in [6.45, 7) is 2.15. The van der Waals surface area contributed by atoms with Gasteiger partial charge >= 0.3 is 5.97 Å². The van der Waals surface area contributed by atoms with Crippen LogP contribution in [0.3, 0.4) is 0 Å². The van der Waals surface area contributed by atoms with Crippen LogP contribution < -0.4 is 0 Å². The van der Waals surface area contributed by atoms with Crippen molar-refractivity contribution >= 4 is 11.5 Å². The van der Waals surface area contributed by atoms with Crippen LogP contribution >= 0.6 is 0 Å². The largest absolute Gasteiger partial charge is 0.478 e. The first-order valence-electron chi connectivity index (χ1n) is 9.04. The number of allylic oxidation sites excluding steroid dienone is 4. The summed E-state index contributed by atoms with van der Waals surface area (Å²) in [6.07, 6.45) is 8.84. The van der Waals surface area contributed by atoms with Gasteiger partial charge in [0.2, 0.25) is 0 Å². The van der Waals surface area contributed by atoms with Crippen LogP contribution in [0.15, 0.2) is 66.8 Å². The predicted molar refractivity (Wildman–Crippen MR) is 103 cm³/mol. The minimum atomic E-state index is -1.73. The van der Waals surface area contributed by atoms with Gasteiger partial charge in [-0.15, -0.1) is 0 Å². The summed E-state index contributed by atoms with van der Waals surface area (Å²) < 4.78 is 16.2. The van der Waals surface area contributed by atoms with Gasteiger partial charge in [-0.05, 0) is 41.7 Å². The van der Waals surface area contributed by atoms with Crippen LogP contribution in [0.2, 0.25) is 0 Å². The molecule has 2 aromatic carbocycles. The van der Waals surface area contributed by atoms with E-state index < -0.39 is 11.6 Å². The van der Waals surface area contributed by atoms with Gasteiger partial charge < -0.3 is 5.11 Å². The number of rotatable bonds is 6.